The fraction of sp³-hybridized carbons (Fsp3) is 0.143. The Balaban J connectivity index is 1.28. The summed E-state index contributed by atoms with van der Waals surface area (Å²) in [5, 5.41) is 12.6. The molecule has 0 unspecified atom stereocenters. The highest BCUT2D eigenvalue weighted by molar-refractivity contribution is 6.90. The lowest BCUT2D eigenvalue weighted by atomic mass is 9.44. The van der Waals surface area contributed by atoms with Gasteiger partial charge in [0.05, 0.1) is 0 Å². The number of hydrogen-bond donors (Lipinski definition) is 0. The van der Waals surface area contributed by atoms with Gasteiger partial charge in [0.1, 0.15) is 11.2 Å². The fourth-order valence-corrected chi connectivity index (χ4v) is 11.0. The first-order valence-corrected chi connectivity index (χ1v) is 21.4. The molecule has 60 heavy (non-hydrogen) atoms. The number of hydrogen-bond acceptors (Lipinski definition) is 2. The third-order valence-electron chi connectivity index (χ3n) is 13.8. The number of rotatable bonds is 1. The summed E-state index contributed by atoms with van der Waals surface area (Å²) in [4.78, 5) is 2.60. The molecule has 0 atom stereocenters. The van der Waals surface area contributed by atoms with Gasteiger partial charge in [0.15, 0.2) is 0 Å². The van der Waals surface area contributed by atoms with E-state index in [9.17, 15) is 0 Å². The quantitative estimate of drug-likeness (QED) is 0.122. The molecule has 0 spiro atoms. The van der Waals surface area contributed by atoms with Crippen LogP contribution in [0.15, 0.2) is 156 Å². The maximum Gasteiger partial charge on any atom is 0.333 e. The van der Waals surface area contributed by atoms with E-state index in [0.29, 0.717) is 0 Å². The molecular weight excluding hydrogens is 727 g/mol. The minimum Gasteiger partial charge on any atom is -0.456 e. The number of furan rings is 1. The van der Waals surface area contributed by atoms with Gasteiger partial charge in [-0.15, -0.1) is 0 Å². The second kappa shape index (κ2) is 11.5. The molecule has 286 valence electrons. The molecule has 0 aliphatic carbocycles. The van der Waals surface area contributed by atoms with Gasteiger partial charge in [-0.1, -0.05) is 157 Å². The summed E-state index contributed by atoms with van der Waals surface area (Å²) >= 11 is 0. The summed E-state index contributed by atoms with van der Waals surface area (Å²) in [7, 11) is 0. The van der Waals surface area contributed by atoms with Gasteiger partial charge in [-0.2, -0.15) is 0 Å². The molecule has 0 amide bonds. The van der Waals surface area contributed by atoms with Gasteiger partial charge in [-0.05, 0) is 101 Å². The van der Waals surface area contributed by atoms with Gasteiger partial charge in [0.25, 0.3) is 0 Å². The molecule has 4 heterocycles. The highest BCUT2D eigenvalue weighted by Gasteiger charge is 2.45. The summed E-state index contributed by atoms with van der Waals surface area (Å²) in [6.07, 6.45) is 0. The monoisotopic (exact) mass is 770 g/mol. The summed E-state index contributed by atoms with van der Waals surface area (Å²) < 4.78 is 9.61. The molecule has 2 aliphatic heterocycles. The number of para-hydroxylation sites is 3. The van der Waals surface area contributed by atoms with Crippen LogP contribution in [-0.2, 0) is 10.8 Å². The SMILES string of the molecule is CC(C)(C)c1cc(N2c3cc4c5ccccc5c5ccccc5c4cc3B3c4c2cc2oc5ccccc5c2c4-c2cccc4c5ccccc5n3c24)cc(C(C)(C)C)c1. The lowest BCUT2D eigenvalue weighted by Crippen LogP contribution is -2.56. The number of fused-ring (bicyclic) bond motifs is 17. The van der Waals surface area contributed by atoms with E-state index in [-0.39, 0.29) is 17.7 Å². The highest BCUT2D eigenvalue weighted by atomic mass is 16.3. The van der Waals surface area contributed by atoms with Crippen LogP contribution in [0.25, 0.3) is 87.2 Å². The van der Waals surface area contributed by atoms with Gasteiger partial charge in [-0.25, -0.2) is 0 Å². The molecule has 11 aromatic rings. The van der Waals surface area contributed by atoms with Crippen molar-refractivity contribution in [2.24, 2.45) is 0 Å². The Morgan fingerprint density at radius 1 is 0.467 bits per heavy atom. The first-order valence-electron chi connectivity index (χ1n) is 21.4. The van der Waals surface area contributed by atoms with Crippen molar-refractivity contribution in [1.29, 1.82) is 0 Å². The highest BCUT2D eigenvalue weighted by Crippen LogP contribution is 2.51. The molecule has 2 aromatic heterocycles. The number of anilines is 3. The zero-order valence-electron chi connectivity index (χ0n) is 34.8. The maximum absolute atomic E-state index is 6.93. The zero-order chi connectivity index (χ0) is 40.4. The van der Waals surface area contributed by atoms with Crippen molar-refractivity contribution in [2.45, 2.75) is 52.4 Å². The van der Waals surface area contributed by atoms with Crippen molar-refractivity contribution in [3.05, 3.63) is 163 Å². The van der Waals surface area contributed by atoms with E-state index in [4.69, 9.17) is 4.42 Å². The van der Waals surface area contributed by atoms with Crippen molar-refractivity contribution >= 4 is 111 Å². The lowest BCUT2D eigenvalue weighted by molar-refractivity contribution is 0.569. The topological polar surface area (TPSA) is 21.3 Å². The Kier molecular flexibility index (Phi) is 6.53. The van der Waals surface area contributed by atoms with Crippen LogP contribution in [0.5, 0.6) is 0 Å². The van der Waals surface area contributed by atoms with Gasteiger partial charge < -0.3 is 13.8 Å². The van der Waals surface area contributed by atoms with Crippen molar-refractivity contribution in [2.75, 3.05) is 4.90 Å². The average Bonchev–Trinajstić information content (AvgIpc) is 3.80. The van der Waals surface area contributed by atoms with E-state index in [1.54, 1.807) is 0 Å². The molecular formula is C56H43BN2O. The second-order valence-electron chi connectivity index (χ2n) is 19.3. The molecule has 0 N–H and O–H groups in total. The van der Waals surface area contributed by atoms with E-state index in [2.05, 4.69) is 203 Å². The van der Waals surface area contributed by atoms with Crippen LogP contribution < -0.4 is 15.8 Å². The van der Waals surface area contributed by atoms with E-state index < -0.39 is 0 Å². The first kappa shape index (κ1) is 34.1. The Hall–Kier alpha value is -6.78. The van der Waals surface area contributed by atoms with Crippen LogP contribution in [-0.4, -0.2) is 11.3 Å². The molecule has 4 heteroatoms. The Bertz CT molecular complexity index is 3670. The van der Waals surface area contributed by atoms with Gasteiger partial charge in [-0.3, -0.25) is 0 Å². The largest absolute Gasteiger partial charge is 0.456 e. The summed E-state index contributed by atoms with van der Waals surface area (Å²) in [5.74, 6) is 0. The maximum atomic E-state index is 6.93. The first-order chi connectivity index (χ1) is 29.0. The van der Waals surface area contributed by atoms with Crippen molar-refractivity contribution in [1.82, 2.24) is 4.48 Å². The Labute approximate surface area is 349 Å². The predicted molar refractivity (Wildman–Crippen MR) is 257 cm³/mol. The van der Waals surface area contributed by atoms with Gasteiger partial charge >= 0.3 is 6.85 Å². The molecule has 0 radical (unpaired) electrons. The third-order valence-corrected chi connectivity index (χ3v) is 13.8. The molecule has 0 bridgehead atoms. The fourth-order valence-electron chi connectivity index (χ4n) is 11.0. The van der Waals surface area contributed by atoms with Gasteiger partial charge in [0, 0.05) is 61.3 Å². The number of nitrogens with zero attached hydrogens (tertiary/aromatic N) is 2. The van der Waals surface area contributed by atoms with Crippen LogP contribution in [0.3, 0.4) is 0 Å². The molecule has 9 aromatic carbocycles. The lowest BCUT2D eigenvalue weighted by Gasteiger charge is -2.41. The summed E-state index contributed by atoms with van der Waals surface area (Å²) in [6, 6.07) is 57.3. The summed E-state index contributed by atoms with van der Waals surface area (Å²) in [5.41, 5.74) is 15.6. The van der Waals surface area contributed by atoms with Crippen molar-refractivity contribution < 1.29 is 4.42 Å². The standard InChI is InChI=1S/C56H43BN2O/c1-55(2,3)32-26-33(56(4,5)6)28-34(27-32)58-47-30-44-38-19-10-8-17-36(38)35-16-7-9-18-37(35)43(44)29-45(47)57-53-48(58)31-50-51(41-21-12-14-25-49(41)60-50)52(53)42-23-15-22-40-39-20-11-13-24-46(39)59(57)54(40)42/h7-31H,1-6H3. The molecule has 3 nitrogen and oxygen atoms in total. The second-order valence-corrected chi connectivity index (χ2v) is 19.3. The van der Waals surface area contributed by atoms with Crippen molar-refractivity contribution in [3.8, 4) is 11.1 Å². The Morgan fingerprint density at radius 2 is 1.03 bits per heavy atom. The van der Waals surface area contributed by atoms with E-state index in [1.807, 2.05) is 0 Å². The van der Waals surface area contributed by atoms with E-state index in [0.717, 1.165) is 16.6 Å². The Morgan fingerprint density at radius 3 is 1.70 bits per heavy atom. The van der Waals surface area contributed by atoms with Crippen LogP contribution in [0, 0.1) is 0 Å². The minimum atomic E-state index is -0.0980. The van der Waals surface area contributed by atoms with E-state index in [1.165, 1.54) is 110 Å². The molecule has 13 rings (SSSR count). The van der Waals surface area contributed by atoms with Crippen LogP contribution in [0.1, 0.15) is 52.7 Å². The van der Waals surface area contributed by atoms with Crippen LogP contribution in [0.4, 0.5) is 17.1 Å². The third kappa shape index (κ3) is 4.41. The normalized spacial score (nSPS) is 13.8. The van der Waals surface area contributed by atoms with Crippen molar-refractivity contribution in [3.63, 3.8) is 0 Å². The molecule has 0 saturated carbocycles. The number of aromatic nitrogens is 1. The average molecular weight is 771 g/mol. The van der Waals surface area contributed by atoms with Crippen LogP contribution in [0.2, 0.25) is 0 Å². The predicted octanol–water partition coefficient (Wildman–Crippen LogP) is 14.2. The molecule has 2 aliphatic rings. The molecule has 0 fully saturated rings. The molecule has 0 saturated heterocycles. The van der Waals surface area contributed by atoms with Crippen LogP contribution >= 0.6 is 0 Å². The van der Waals surface area contributed by atoms with Gasteiger partial charge in [0.2, 0.25) is 0 Å². The minimum absolute atomic E-state index is 0.0631. The summed E-state index contributed by atoms with van der Waals surface area (Å²) in [6.45, 7) is 13.9. The van der Waals surface area contributed by atoms with E-state index >= 15 is 0 Å². The number of benzene rings is 9. The smallest absolute Gasteiger partial charge is 0.333 e. The zero-order valence-corrected chi connectivity index (χ0v) is 34.8.